The van der Waals surface area contributed by atoms with Crippen LogP contribution in [0.4, 0.5) is 5.69 Å². The van der Waals surface area contributed by atoms with Crippen LogP contribution in [0.15, 0.2) is 40.9 Å². The molecule has 1 atom stereocenters. The fraction of sp³-hybridized carbons (Fsp3) is 0.444. The largest absolute Gasteiger partial charge is 0.371 e. The van der Waals surface area contributed by atoms with Crippen molar-refractivity contribution in [2.45, 2.75) is 25.3 Å². The Hall–Kier alpha value is -1.06. The lowest BCUT2D eigenvalue weighted by Gasteiger charge is -2.21. The summed E-state index contributed by atoms with van der Waals surface area (Å²) in [4.78, 5) is 2.56. The maximum Gasteiger partial charge on any atom is 0.0446 e. The number of nitrogens with one attached hydrogen (secondary N) is 1. The van der Waals surface area contributed by atoms with Crippen LogP contribution in [0.5, 0.6) is 0 Å². The third-order valence-corrected chi connectivity index (χ3v) is 5.44. The molecule has 2 aromatic carbocycles. The minimum Gasteiger partial charge on any atom is -0.371 e. The molecule has 2 aromatic rings. The van der Waals surface area contributed by atoms with Crippen molar-refractivity contribution in [3.63, 3.8) is 0 Å². The number of hydrogen-bond acceptors (Lipinski definition) is 2. The van der Waals surface area contributed by atoms with Crippen molar-refractivity contribution in [3.05, 3.63) is 40.9 Å². The lowest BCUT2D eigenvalue weighted by atomic mass is 10.1. The van der Waals surface area contributed by atoms with Gasteiger partial charge >= 0.3 is 0 Å². The van der Waals surface area contributed by atoms with E-state index in [2.05, 4.69) is 62.5 Å². The van der Waals surface area contributed by atoms with E-state index < -0.39 is 0 Å². The highest BCUT2D eigenvalue weighted by molar-refractivity contribution is 9.10. The molecule has 0 spiro atoms. The maximum absolute atomic E-state index is 3.68. The van der Waals surface area contributed by atoms with Crippen LogP contribution in [0.25, 0.3) is 10.8 Å². The molecule has 1 saturated heterocycles. The molecule has 4 rings (SSSR count). The molecule has 1 heterocycles. The highest BCUT2D eigenvalue weighted by Gasteiger charge is 2.27. The third-order valence-electron chi connectivity index (χ3n) is 4.75. The molecule has 2 nitrogen and oxygen atoms in total. The van der Waals surface area contributed by atoms with Crippen molar-refractivity contribution in [2.75, 3.05) is 24.5 Å². The number of benzene rings is 2. The van der Waals surface area contributed by atoms with Crippen molar-refractivity contribution in [3.8, 4) is 0 Å². The van der Waals surface area contributed by atoms with Gasteiger partial charge in [0.2, 0.25) is 0 Å². The van der Waals surface area contributed by atoms with Gasteiger partial charge in [0.15, 0.2) is 0 Å². The summed E-state index contributed by atoms with van der Waals surface area (Å²) in [6.45, 7) is 3.56. The molecule has 110 valence electrons. The molecule has 1 N–H and O–H groups in total. The fourth-order valence-electron chi connectivity index (χ4n) is 3.36. The first-order valence-electron chi connectivity index (χ1n) is 7.97. The highest BCUT2D eigenvalue weighted by atomic mass is 79.9. The number of hydrogen-bond donors (Lipinski definition) is 1. The van der Waals surface area contributed by atoms with E-state index in [4.69, 9.17) is 0 Å². The van der Waals surface area contributed by atoms with Gasteiger partial charge in [-0.1, -0.05) is 40.2 Å². The molecule has 2 aliphatic rings. The maximum atomic E-state index is 3.68. The SMILES string of the molecule is Brc1ccc(N2CCC(CNC3CC3)C2)c2ccccc12. The molecule has 1 unspecified atom stereocenters. The summed E-state index contributed by atoms with van der Waals surface area (Å²) in [5.41, 5.74) is 1.39. The molecular weight excluding hydrogens is 324 g/mol. The monoisotopic (exact) mass is 344 g/mol. The van der Waals surface area contributed by atoms with Crippen molar-refractivity contribution >= 4 is 32.4 Å². The van der Waals surface area contributed by atoms with Gasteiger partial charge in [-0.15, -0.1) is 0 Å². The number of anilines is 1. The predicted octanol–water partition coefficient (Wildman–Crippen LogP) is 4.18. The zero-order valence-electron chi connectivity index (χ0n) is 12.2. The van der Waals surface area contributed by atoms with Crippen LogP contribution in [0.1, 0.15) is 19.3 Å². The second-order valence-corrected chi connectivity index (χ2v) is 7.25. The Balaban J connectivity index is 1.55. The number of fused-ring (bicyclic) bond motifs is 1. The van der Waals surface area contributed by atoms with Crippen LogP contribution < -0.4 is 10.2 Å². The normalized spacial score (nSPS) is 22.1. The van der Waals surface area contributed by atoms with Gasteiger partial charge in [-0.2, -0.15) is 0 Å². The third kappa shape index (κ3) is 2.82. The van der Waals surface area contributed by atoms with E-state index in [0.717, 1.165) is 12.0 Å². The van der Waals surface area contributed by atoms with Gasteiger partial charge in [0.1, 0.15) is 0 Å². The lowest BCUT2D eigenvalue weighted by Crippen LogP contribution is -2.27. The Bertz CT molecular complexity index is 651. The second kappa shape index (κ2) is 5.62. The van der Waals surface area contributed by atoms with Crippen LogP contribution in [0.3, 0.4) is 0 Å². The Morgan fingerprint density at radius 3 is 2.67 bits per heavy atom. The minimum atomic E-state index is 0.799. The molecule has 21 heavy (non-hydrogen) atoms. The highest BCUT2D eigenvalue weighted by Crippen LogP contribution is 2.34. The van der Waals surface area contributed by atoms with Gasteiger partial charge in [0.05, 0.1) is 0 Å². The van der Waals surface area contributed by atoms with E-state index in [9.17, 15) is 0 Å². The van der Waals surface area contributed by atoms with E-state index in [1.165, 1.54) is 59.8 Å². The molecular formula is C18H21BrN2. The Labute approximate surface area is 134 Å². The van der Waals surface area contributed by atoms with Gasteiger partial charge in [-0.05, 0) is 49.2 Å². The quantitative estimate of drug-likeness (QED) is 0.894. The van der Waals surface area contributed by atoms with Gasteiger partial charge in [0.25, 0.3) is 0 Å². The van der Waals surface area contributed by atoms with Crippen molar-refractivity contribution in [1.29, 1.82) is 0 Å². The van der Waals surface area contributed by atoms with Crippen LogP contribution >= 0.6 is 15.9 Å². The van der Waals surface area contributed by atoms with E-state index in [-0.39, 0.29) is 0 Å². The smallest absolute Gasteiger partial charge is 0.0446 e. The Morgan fingerprint density at radius 2 is 1.86 bits per heavy atom. The fourth-order valence-corrected chi connectivity index (χ4v) is 3.84. The number of rotatable bonds is 4. The summed E-state index contributed by atoms with van der Waals surface area (Å²) >= 11 is 3.67. The zero-order chi connectivity index (χ0) is 14.2. The Kier molecular flexibility index (Phi) is 3.64. The first kappa shape index (κ1) is 13.6. The second-order valence-electron chi connectivity index (χ2n) is 6.40. The van der Waals surface area contributed by atoms with Gasteiger partial charge in [-0.25, -0.2) is 0 Å². The molecule has 2 fully saturated rings. The van der Waals surface area contributed by atoms with E-state index in [0.29, 0.717) is 0 Å². The predicted molar refractivity (Wildman–Crippen MR) is 93.0 cm³/mol. The summed E-state index contributed by atoms with van der Waals surface area (Å²) in [6.07, 6.45) is 4.08. The van der Waals surface area contributed by atoms with E-state index >= 15 is 0 Å². The summed E-state index contributed by atoms with van der Waals surface area (Å²) in [6, 6.07) is 14.0. The molecule has 1 saturated carbocycles. The topological polar surface area (TPSA) is 15.3 Å². The first-order chi connectivity index (χ1) is 10.3. The van der Waals surface area contributed by atoms with Crippen molar-refractivity contribution in [1.82, 2.24) is 5.32 Å². The standard InChI is InChI=1S/C18H21BrN2/c19-17-7-8-18(16-4-2-1-3-15(16)17)21-10-9-13(12-21)11-20-14-5-6-14/h1-4,7-8,13-14,20H,5-6,9-12H2. The zero-order valence-corrected chi connectivity index (χ0v) is 13.8. The van der Waals surface area contributed by atoms with Crippen LogP contribution in [-0.4, -0.2) is 25.7 Å². The van der Waals surface area contributed by atoms with Gasteiger partial charge in [-0.3, -0.25) is 0 Å². The molecule has 3 heteroatoms. The van der Waals surface area contributed by atoms with E-state index in [1.54, 1.807) is 0 Å². The summed E-state index contributed by atoms with van der Waals surface area (Å²) in [7, 11) is 0. The summed E-state index contributed by atoms with van der Waals surface area (Å²) in [5, 5.41) is 6.36. The van der Waals surface area contributed by atoms with Crippen LogP contribution in [0, 0.1) is 5.92 Å². The average molecular weight is 345 g/mol. The lowest BCUT2D eigenvalue weighted by molar-refractivity contribution is 0.515. The van der Waals surface area contributed by atoms with Gasteiger partial charge < -0.3 is 10.2 Å². The number of nitrogens with zero attached hydrogens (tertiary/aromatic N) is 1. The molecule has 0 aromatic heterocycles. The molecule has 0 amide bonds. The number of halogens is 1. The Morgan fingerprint density at radius 1 is 1.05 bits per heavy atom. The summed E-state index contributed by atoms with van der Waals surface area (Å²) in [5.74, 6) is 0.799. The van der Waals surface area contributed by atoms with Crippen LogP contribution in [0.2, 0.25) is 0 Å². The molecule has 0 radical (unpaired) electrons. The first-order valence-corrected chi connectivity index (χ1v) is 8.76. The van der Waals surface area contributed by atoms with E-state index in [1.807, 2.05) is 0 Å². The van der Waals surface area contributed by atoms with Crippen molar-refractivity contribution < 1.29 is 0 Å². The van der Waals surface area contributed by atoms with Gasteiger partial charge in [0, 0.05) is 34.7 Å². The summed E-state index contributed by atoms with van der Waals surface area (Å²) < 4.78 is 1.19. The van der Waals surface area contributed by atoms with Crippen molar-refractivity contribution in [2.24, 2.45) is 5.92 Å². The molecule has 0 bridgehead atoms. The average Bonchev–Trinajstić information content (AvgIpc) is 3.23. The minimum absolute atomic E-state index is 0.799. The molecule has 1 aliphatic heterocycles. The van der Waals surface area contributed by atoms with Crippen LogP contribution in [-0.2, 0) is 0 Å². The molecule has 1 aliphatic carbocycles.